The highest BCUT2D eigenvalue weighted by molar-refractivity contribution is 7.99. The SMILES string of the molecule is N=C(Cc1ccc(CC2OCCCS2)cc1)C(=O)O. The lowest BCUT2D eigenvalue weighted by molar-refractivity contribution is -0.129. The van der Waals surface area contributed by atoms with Gasteiger partial charge in [0.25, 0.3) is 0 Å². The predicted octanol–water partition coefficient (Wildman–Crippen LogP) is 2.36. The zero-order chi connectivity index (χ0) is 13.7. The topological polar surface area (TPSA) is 70.4 Å². The van der Waals surface area contributed by atoms with E-state index in [4.69, 9.17) is 15.3 Å². The first kappa shape index (κ1) is 14.1. The van der Waals surface area contributed by atoms with Crippen LogP contribution in [-0.2, 0) is 22.4 Å². The van der Waals surface area contributed by atoms with Gasteiger partial charge in [-0.05, 0) is 23.3 Å². The van der Waals surface area contributed by atoms with E-state index in [0.29, 0.717) is 0 Å². The van der Waals surface area contributed by atoms with Crippen LogP contribution in [0.4, 0.5) is 0 Å². The van der Waals surface area contributed by atoms with Crippen LogP contribution in [0.25, 0.3) is 0 Å². The molecule has 1 aromatic rings. The van der Waals surface area contributed by atoms with Crippen molar-refractivity contribution in [1.82, 2.24) is 0 Å². The Morgan fingerprint density at radius 2 is 2.05 bits per heavy atom. The normalized spacial score (nSPS) is 19.1. The third-order valence-corrected chi connectivity index (χ3v) is 4.16. The molecule has 1 aliphatic rings. The van der Waals surface area contributed by atoms with Crippen molar-refractivity contribution in [3.05, 3.63) is 35.4 Å². The van der Waals surface area contributed by atoms with E-state index in [2.05, 4.69) is 0 Å². The van der Waals surface area contributed by atoms with Crippen molar-refractivity contribution in [2.24, 2.45) is 0 Å². The summed E-state index contributed by atoms with van der Waals surface area (Å²) in [6.45, 7) is 0.839. The van der Waals surface area contributed by atoms with E-state index in [9.17, 15) is 4.79 Å². The van der Waals surface area contributed by atoms with Gasteiger partial charge < -0.3 is 9.84 Å². The van der Waals surface area contributed by atoms with Gasteiger partial charge in [-0.2, -0.15) is 0 Å². The Bertz CT molecular complexity index is 452. The lowest BCUT2D eigenvalue weighted by atomic mass is 10.0. The van der Waals surface area contributed by atoms with Crippen LogP contribution in [0.2, 0.25) is 0 Å². The smallest absolute Gasteiger partial charge is 0.349 e. The van der Waals surface area contributed by atoms with Crippen molar-refractivity contribution >= 4 is 23.4 Å². The number of rotatable bonds is 5. The van der Waals surface area contributed by atoms with E-state index in [1.165, 1.54) is 5.56 Å². The molecule has 1 unspecified atom stereocenters. The minimum atomic E-state index is -1.16. The molecule has 1 saturated heterocycles. The molecular formula is C14H17NO3S. The van der Waals surface area contributed by atoms with Crippen LogP contribution >= 0.6 is 11.8 Å². The molecule has 0 saturated carbocycles. The number of carboxylic acids is 1. The van der Waals surface area contributed by atoms with E-state index < -0.39 is 5.97 Å². The van der Waals surface area contributed by atoms with Gasteiger partial charge in [-0.15, -0.1) is 11.8 Å². The molecule has 19 heavy (non-hydrogen) atoms. The van der Waals surface area contributed by atoms with Crippen LogP contribution in [0.1, 0.15) is 17.5 Å². The van der Waals surface area contributed by atoms with Crippen molar-refractivity contribution < 1.29 is 14.6 Å². The molecule has 4 nitrogen and oxygen atoms in total. The Morgan fingerprint density at radius 3 is 2.63 bits per heavy atom. The average molecular weight is 279 g/mol. The molecule has 5 heteroatoms. The number of ether oxygens (including phenoxy) is 1. The molecule has 2 N–H and O–H groups in total. The lowest BCUT2D eigenvalue weighted by Crippen LogP contribution is -2.18. The highest BCUT2D eigenvalue weighted by Gasteiger charge is 2.15. The van der Waals surface area contributed by atoms with Gasteiger partial charge in [0.15, 0.2) is 0 Å². The molecule has 1 heterocycles. The molecule has 1 aliphatic heterocycles. The molecule has 102 valence electrons. The zero-order valence-electron chi connectivity index (χ0n) is 10.6. The van der Waals surface area contributed by atoms with Crippen LogP contribution in [0, 0.1) is 5.41 Å². The third-order valence-electron chi connectivity index (χ3n) is 2.96. The van der Waals surface area contributed by atoms with Crippen molar-refractivity contribution in [3.8, 4) is 0 Å². The van der Waals surface area contributed by atoms with E-state index in [1.807, 2.05) is 36.0 Å². The maximum absolute atomic E-state index is 10.6. The molecule has 2 rings (SSSR count). The summed E-state index contributed by atoms with van der Waals surface area (Å²) >= 11 is 1.84. The summed E-state index contributed by atoms with van der Waals surface area (Å²) in [5.41, 5.74) is 1.99. The van der Waals surface area contributed by atoms with Gasteiger partial charge in [-0.3, -0.25) is 5.41 Å². The fourth-order valence-corrected chi connectivity index (χ4v) is 2.97. The largest absolute Gasteiger partial charge is 0.477 e. The second kappa shape index (κ2) is 6.73. The lowest BCUT2D eigenvalue weighted by Gasteiger charge is -2.22. The summed E-state index contributed by atoms with van der Waals surface area (Å²) in [7, 11) is 0. The monoisotopic (exact) mass is 279 g/mol. The Kier molecular flexibility index (Phi) is 4.99. The molecule has 1 fully saturated rings. The number of aliphatic carboxylic acids is 1. The number of hydrogen-bond acceptors (Lipinski definition) is 4. The van der Waals surface area contributed by atoms with Crippen LogP contribution < -0.4 is 0 Å². The highest BCUT2D eigenvalue weighted by Crippen LogP contribution is 2.23. The van der Waals surface area contributed by atoms with Crippen molar-refractivity contribution in [2.75, 3.05) is 12.4 Å². The molecule has 0 aliphatic carbocycles. The second-order valence-electron chi connectivity index (χ2n) is 4.51. The predicted molar refractivity (Wildman–Crippen MR) is 76.0 cm³/mol. The highest BCUT2D eigenvalue weighted by atomic mass is 32.2. The number of carbonyl (C=O) groups is 1. The Morgan fingerprint density at radius 1 is 1.37 bits per heavy atom. The number of nitrogens with one attached hydrogen (secondary N) is 1. The van der Waals surface area contributed by atoms with Crippen LogP contribution in [0.5, 0.6) is 0 Å². The molecule has 0 amide bonds. The Labute approximate surface area is 116 Å². The third kappa shape index (κ3) is 4.36. The molecule has 1 aromatic carbocycles. The van der Waals surface area contributed by atoms with E-state index >= 15 is 0 Å². The van der Waals surface area contributed by atoms with E-state index in [-0.39, 0.29) is 17.6 Å². The summed E-state index contributed by atoms with van der Waals surface area (Å²) < 4.78 is 5.66. The van der Waals surface area contributed by atoms with Gasteiger partial charge in [-0.25, -0.2) is 4.79 Å². The first-order valence-electron chi connectivity index (χ1n) is 6.27. The standard InChI is InChI=1S/C14H17NO3S/c15-12(14(16)17)8-10-2-4-11(5-3-10)9-13-18-6-1-7-19-13/h2-5,13,15H,1,6-9H2,(H,16,17). The molecule has 0 spiro atoms. The second-order valence-corrected chi connectivity index (χ2v) is 5.77. The summed E-state index contributed by atoms with van der Waals surface area (Å²) in [4.78, 5) is 10.6. The molecule has 0 bridgehead atoms. The Balaban J connectivity index is 1.90. The Hall–Kier alpha value is -1.33. The van der Waals surface area contributed by atoms with Gasteiger partial charge in [0, 0.05) is 19.4 Å². The minimum absolute atomic E-state index is 0.171. The summed E-state index contributed by atoms with van der Waals surface area (Å²) in [6, 6.07) is 7.76. The summed E-state index contributed by atoms with van der Waals surface area (Å²) in [6.07, 6.45) is 2.17. The van der Waals surface area contributed by atoms with Crippen molar-refractivity contribution in [3.63, 3.8) is 0 Å². The summed E-state index contributed by atoms with van der Waals surface area (Å²) in [5.74, 6) is -0.00509. The number of benzene rings is 1. The van der Waals surface area contributed by atoms with E-state index in [1.54, 1.807) is 0 Å². The van der Waals surface area contributed by atoms with Crippen LogP contribution in [-0.4, -0.2) is 34.6 Å². The zero-order valence-corrected chi connectivity index (χ0v) is 11.4. The van der Waals surface area contributed by atoms with Gasteiger partial charge in [0.05, 0.1) is 0 Å². The van der Waals surface area contributed by atoms with Gasteiger partial charge in [0.1, 0.15) is 11.1 Å². The first-order chi connectivity index (χ1) is 9.15. The van der Waals surface area contributed by atoms with E-state index in [0.717, 1.165) is 30.8 Å². The molecule has 1 atom stereocenters. The average Bonchev–Trinajstić information content (AvgIpc) is 2.42. The quantitative estimate of drug-likeness (QED) is 0.812. The molecule has 0 radical (unpaired) electrons. The van der Waals surface area contributed by atoms with Gasteiger partial charge in [0.2, 0.25) is 0 Å². The number of carboxylic acid groups (broad SMARTS) is 1. The van der Waals surface area contributed by atoms with Gasteiger partial charge in [-0.1, -0.05) is 24.3 Å². The van der Waals surface area contributed by atoms with Crippen LogP contribution in [0.15, 0.2) is 24.3 Å². The molecular weight excluding hydrogens is 262 g/mol. The van der Waals surface area contributed by atoms with Crippen molar-refractivity contribution in [2.45, 2.75) is 24.7 Å². The molecule has 0 aromatic heterocycles. The maximum atomic E-state index is 10.6. The number of thioether (sulfide) groups is 1. The van der Waals surface area contributed by atoms with Gasteiger partial charge >= 0.3 is 5.97 Å². The minimum Gasteiger partial charge on any atom is -0.477 e. The maximum Gasteiger partial charge on any atom is 0.349 e. The fraction of sp³-hybridized carbons (Fsp3) is 0.429. The first-order valence-corrected chi connectivity index (χ1v) is 7.32. The van der Waals surface area contributed by atoms with Crippen molar-refractivity contribution in [1.29, 1.82) is 5.41 Å². The fourth-order valence-electron chi connectivity index (χ4n) is 1.92. The summed E-state index contributed by atoms with van der Waals surface area (Å²) in [5, 5.41) is 16.0. The van der Waals surface area contributed by atoms with Crippen LogP contribution in [0.3, 0.4) is 0 Å². The number of hydrogen-bond donors (Lipinski definition) is 2.